The van der Waals surface area contributed by atoms with Gasteiger partial charge in [0.05, 0.1) is 6.54 Å². The first-order valence-corrected chi connectivity index (χ1v) is 8.09. The van der Waals surface area contributed by atoms with Crippen LogP contribution in [0.5, 0.6) is 0 Å². The van der Waals surface area contributed by atoms with Crippen molar-refractivity contribution >= 4 is 34.0 Å². The molecule has 0 spiro atoms. The van der Waals surface area contributed by atoms with E-state index in [2.05, 4.69) is 15.3 Å². The van der Waals surface area contributed by atoms with Crippen LogP contribution in [0.25, 0.3) is 0 Å². The van der Waals surface area contributed by atoms with Gasteiger partial charge in [0.15, 0.2) is 5.13 Å². The maximum Gasteiger partial charge on any atom is 0.328 e. The monoisotopic (exact) mass is 362 g/mol. The third-order valence-corrected chi connectivity index (χ3v) is 4.30. The van der Waals surface area contributed by atoms with Crippen LogP contribution in [0.2, 0.25) is 5.02 Å². The fourth-order valence-corrected chi connectivity index (χ4v) is 2.78. The normalized spacial score (nSPS) is 10.5. The average Bonchev–Trinajstić information content (AvgIpc) is 3.06. The van der Waals surface area contributed by atoms with Crippen LogP contribution in [0, 0.1) is 0 Å². The molecule has 0 aliphatic carbocycles. The van der Waals surface area contributed by atoms with Gasteiger partial charge in [-0.1, -0.05) is 29.8 Å². The van der Waals surface area contributed by atoms with Crippen molar-refractivity contribution in [2.24, 2.45) is 0 Å². The number of rotatable bonds is 4. The van der Waals surface area contributed by atoms with Gasteiger partial charge in [-0.05, 0) is 11.6 Å². The third kappa shape index (κ3) is 3.29. The zero-order chi connectivity index (χ0) is 17.1. The minimum atomic E-state index is -0.701. The minimum absolute atomic E-state index is 0.0355. The van der Waals surface area contributed by atoms with E-state index < -0.39 is 17.2 Å². The molecule has 0 saturated carbocycles. The fourth-order valence-electron chi connectivity index (χ4n) is 2.06. The number of aromatic amines is 1. The maximum atomic E-state index is 12.5. The molecular weight excluding hydrogens is 352 g/mol. The summed E-state index contributed by atoms with van der Waals surface area (Å²) in [5.41, 5.74) is -0.903. The second-order valence-electron chi connectivity index (χ2n) is 4.78. The summed E-state index contributed by atoms with van der Waals surface area (Å²) in [6.07, 6.45) is 2.62. The predicted octanol–water partition coefficient (Wildman–Crippen LogP) is 1.95. The van der Waals surface area contributed by atoms with Gasteiger partial charge < -0.3 is 4.98 Å². The molecule has 7 nitrogen and oxygen atoms in total. The number of anilines is 1. The number of amides is 1. The predicted molar refractivity (Wildman–Crippen MR) is 91.9 cm³/mol. The SMILES string of the molecule is O=C(Nc1nccs1)c1c[nH]c(=O)n(Cc2ccccc2Cl)c1=O. The van der Waals surface area contributed by atoms with Crippen molar-refractivity contribution < 1.29 is 4.79 Å². The Morgan fingerprint density at radius 3 is 2.83 bits per heavy atom. The van der Waals surface area contributed by atoms with Gasteiger partial charge in [0.25, 0.3) is 11.5 Å². The molecule has 0 aliphatic heterocycles. The molecule has 0 atom stereocenters. The van der Waals surface area contributed by atoms with Crippen LogP contribution in [-0.2, 0) is 6.54 Å². The Labute approximate surface area is 144 Å². The minimum Gasteiger partial charge on any atom is -0.313 e. The first-order valence-electron chi connectivity index (χ1n) is 6.83. The molecule has 1 amide bonds. The summed E-state index contributed by atoms with van der Waals surface area (Å²) in [5.74, 6) is -0.640. The zero-order valence-corrected chi connectivity index (χ0v) is 13.7. The number of H-pyrrole nitrogens is 1. The van der Waals surface area contributed by atoms with E-state index in [1.807, 2.05) is 0 Å². The number of nitrogens with one attached hydrogen (secondary N) is 2. The Morgan fingerprint density at radius 1 is 1.33 bits per heavy atom. The quantitative estimate of drug-likeness (QED) is 0.741. The van der Waals surface area contributed by atoms with Crippen molar-refractivity contribution in [3.05, 3.63) is 79.0 Å². The lowest BCUT2D eigenvalue weighted by Crippen LogP contribution is -2.39. The standard InChI is InChI=1S/C15H11ClN4O3S/c16-11-4-2-1-3-9(11)8-20-13(22)10(7-18-15(20)23)12(21)19-14-17-5-6-24-14/h1-7H,8H2,(H,18,23)(H,17,19,21). The van der Waals surface area contributed by atoms with Gasteiger partial charge in [-0.25, -0.2) is 9.78 Å². The molecule has 0 unspecified atom stereocenters. The van der Waals surface area contributed by atoms with Gasteiger partial charge in [0.1, 0.15) is 5.56 Å². The number of benzene rings is 1. The van der Waals surface area contributed by atoms with E-state index in [4.69, 9.17) is 11.6 Å². The van der Waals surface area contributed by atoms with Crippen LogP contribution in [0.15, 0.2) is 51.6 Å². The lowest BCUT2D eigenvalue weighted by atomic mass is 10.2. The van der Waals surface area contributed by atoms with E-state index in [0.717, 1.165) is 10.8 Å². The summed E-state index contributed by atoms with van der Waals surface area (Å²) in [6, 6.07) is 6.86. The number of hydrogen-bond donors (Lipinski definition) is 2. The van der Waals surface area contributed by atoms with Crippen LogP contribution in [-0.4, -0.2) is 20.4 Å². The van der Waals surface area contributed by atoms with Crippen LogP contribution in [0.1, 0.15) is 15.9 Å². The van der Waals surface area contributed by atoms with E-state index in [1.54, 1.807) is 29.6 Å². The summed E-state index contributed by atoms with van der Waals surface area (Å²) < 4.78 is 0.929. The maximum absolute atomic E-state index is 12.5. The van der Waals surface area contributed by atoms with Gasteiger partial charge >= 0.3 is 5.69 Å². The second kappa shape index (κ2) is 6.81. The van der Waals surface area contributed by atoms with Crippen molar-refractivity contribution in [1.29, 1.82) is 0 Å². The molecule has 2 heterocycles. The molecule has 0 bridgehead atoms. The number of halogens is 1. The van der Waals surface area contributed by atoms with E-state index in [1.165, 1.54) is 17.5 Å². The number of carbonyl (C=O) groups is 1. The summed E-state index contributed by atoms with van der Waals surface area (Å²) in [7, 11) is 0. The third-order valence-electron chi connectivity index (χ3n) is 3.24. The Kier molecular flexibility index (Phi) is 4.59. The highest BCUT2D eigenvalue weighted by molar-refractivity contribution is 7.13. The lowest BCUT2D eigenvalue weighted by Gasteiger charge is -2.08. The number of carbonyl (C=O) groups excluding carboxylic acids is 1. The van der Waals surface area contributed by atoms with Gasteiger partial charge in [-0.2, -0.15) is 0 Å². The Balaban J connectivity index is 1.96. The van der Waals surface area contributed by atoms with Crippen LogP contribution in [0.3, 0.4) is 0 Å². The second-order valence-corrected chi connectivity index (χ2v) is 6.08. The first-order chi connectivity index (χ1) is 11.6. The Hall–Kier alpha value is -2.71. The van der Waals surface area contributed by atoms with E-state index in [-0.39, 0.29) is 12.1 Å². The largest absolute Gasteiger partial charge is 0.328 e. The van der Waals surface area contributed by atoms with Gasteiger partial charge in [-0.15, -0.1) is 11.3 Å². The van der Waals surface area contributed by atoms with Gasteiger partial charge in [0.2, 0.25) is 0 Å². The summed E-state index contributed by atoms with van der Waals surface area (Å²) in [4.78, 5) is 43.0. The highest BCUT2D eigenvalue weighted by Crippen LogP contribution is 2.15. The van der Waals surface area contributed by atoms with E-state index in [0.29, 0.717) is 15.7 Å². The molecule has 3 rings (SSSR count). The number of hydrogen-bond acceptors (Lipinski definition) is 5. The molecule has 0 radical (unpaired) electrons. The highest BCUT2D eigenvalue weighted by atomic mass is 35.5. The summed E-state index contributed by atoms with van der Waals surface area (Å²) in [5, 5.41) is 5.00. The molecule has 122 valence electrons. The van der Waals surface area contributed by atoms with Crippen molar-refractivity contribution in [3.63, 3.8) is 0 Å². The fraction of sp³-hybridized carbons (Fsp3) is 0.0667. The molecule has 3 aromatic rings. The molecule has 9 heteroatoms. The Morgan fingerprint density at radius 2 is 2.12 bits per heavy atom. The van der Waals surface area contributed by atoms with Crippen LogP contribution < -0.4 is 16.6 Å². The molecule has 24 heavy (non-hydrogen) atoms. The number of thiazole rings is 1. The highest BCUT2D eigenvalue weighted by Gasteiger charge is 2.16. The molecule has 2 aromatic heterocycles. The van der Waals surface area contributed by atoms with Gasteiger partial charge in [0, 0.05) is 22.8 Å². The topological polar surface area (TPSA) is 96.8 Å². The molecule has 2 N–H and O–H groups in total. The first kappa shape index (κ1) is 16.2. The van der Waals surface area contributed by atoms with Gasteiger partial charge in [-0.3, -0.25) is 19.5 Å². The van der Waals surface area contributed by atoms with Crippen molar-refractivity contribution in [1.82, 2.24) is 14.5 Å². The number of nitrogens with zero attached hydrogens (tertiary/aromatic N) is 2. The summed E-state index contributed by atoms with van der Waals surface area (Å²) >= 11 is 7.28. The zero-order valence-electron chi connectivity index (χ0n) is 12.2. The molecule has 0 aliphatic rings. The smallest absolute Gasteiger partial charge is 0.313 e. The summed E-state index contributed by atoms with van der Waals surface area (Å²) in [6.45, 7) is -0.0355. The van der Waals surface area contributed by atoms with E-state index in [9.17, 15) is 14.4 Å². The van der Waals surface area contributed by atoms with Crippen LogP contribution in [0.4, 0.5) is 5.13 Å². The van der Waals surface area contributed by atoms with E-state index >= 15 is 0 Å². The molecule has 1 aromatic carbocycles. The van der Waals surface area contributed by atoms with Crippen LogP contribution >= 0.6 is 22.9 Å². The molecule has 0 fully saturated rings. The van der Waals surface area contributed by atoms with Crippen molar-refractivity contribution in [2.75, 3.05) is 5.32 Å². The lowest BCUT2D eigenvalue weighted by molar-refractivity contribution is 0.102. The Bertz CT molecular complexity index is 994. The van der Waals surface area contributed by atoms with Crippen molar-refractivity contribution in [3.8, 4) is 0 Å². The average molecular weight is 363 g/mol. The molecular formula is C15H11ClN4O3S. The molecule has 0 saturated heterocycles. The number of aromatic nitrogens is 3. The van der Waals surface area contributed by atoms with Crippen molar-refractivity contribution in [2.45, 2.75) is 6.54 Å².